The minimum atomic E-state index is -3.98. The predicted molar refractivity (Wildman–Crippen MR) is 129 cm³/mol. The monoisotopic (exact) mass is 506 g/mol. The Balaban J connectivity index is 0.00000324. The van der Waals surface area contributed by atoms with Crippen LogP contribution in [-0.4, -0.2) is 39.6 Å². The Labute approximate surface area is 204 Å². The number of fused-ring (bicyclic) bond motifs is 1. The first-order valence-corrected chi connectivity index (χ1v) is 11.6. The molecule has 0 saturated heterocycles. The minimum absolute atomic E-state index is 0. The van der Waals surface area contributed by atoms with Gasteiger partial charge in [-0.3, -0.25) is 4.79 Å². The van der Waals surface area contributed by atoms with Crippen molar-refractivity contribution in [2.45, 2.75) is 47.9 Å². The lowest BCUT2D eigenvalue weighted by atomic mass is 9.77. The summed E-state index contributed by atoms with van der Waals surface area (Å²) in [5.74, 6) is 0.243. The topological polar surface area (TPSA) is 128 Å². The predicted octanol–water partition coefficient (Wildman–Crippen LogP) is 2.47. The van der Waals surface area contributed by atoms with E-state index in [1.807, 2.05) is 0 Å². The molecule has 11 heteroatoms. The molecule has 0 radical (unpaired) electrons. The van der Waals surface area contributed by atoms with E-state index in [0.717, 1.165) is 10.7 Å². The van der Waals surface area contributed by atoms with Crippen LogP contribution < -0.4 is 15.0 Å². The first-order chi connectivity index (χ1) is 15.3. The Hall–Kier alpha value is -3.02. The highest BCUT2D eigenvalue weighted by Gasteiger charge is 2.54. The third-order valence-corrected chi connectivity index (χ3v) is 7.72. The maximum absolute atomic E-state index is 13.2. The first-order valence-electron chi connectivity index (χ1n) is 10.1. The average Bonchev–Trinajstić information content (AvgIpc) is 2.73. The van der Waals surface area contributed by atoms with Gasteiger partial charge in [-0.15, -0.1) is 5.10 Å². The van der Waals surface area contributed by atoms with Crippen molar-refractivity contribution in [2.75, 3.05) is 0 Å². The lowest BCUT2D eigenvalue weighted by Crippen LogP contribution is -2.59. The van der Waals surface area contributed by atoms with E-state index in [2.05, 4.69) is 5.10 Å². The van der Waals surface area contributed by atoms with Gasteiger partial charge in [-0.25, -0.2) is 13.1 Å². The summed E-state index contributed by atoms with van der Waals surface area (Å²) in [5.41, 5.74) is -2.74. The molecule has 0 unspecified atom stereocenters. The van der Waals surface area contributed by atoms with E-state index in [1.165, 1.54) is 62.5 Å². The van der Waals surface area contributed by atoms with Gasteiger partial charge in [0.05, 0.1) is 9.79 Å². The van der Waals surface area contributed by atoms with E-state index in [-0.39, 0.29) is 40.5 Å². The highest BCUT2D eigenvalue weighted by Crippen LogP contribution is 2.48. The molecule has 1 aliphatic heterocycles. The fourth-order valence-corrected chi connectivity index (χ4v) is 4.95. The Bertz CT molecular complexity index is 1400. The van der Waals surface area contributed by atoms with Crippen molar-refractivity contribution < 1.29 is 28.1 Å². The smallest absolute Gasteiger partial charge is 0.266 e. The number of rotatable bonds is 4. The standard InChI is InChI=1S/C23H24N2O7S.H2S/c1-22(2)23(3,28)21(31-19-10-11-20(27)25(4)24-19)17-13-16(8-9-18(17)32-22)33(29,30)15-7-5-6-14(26)12-15;/h5-13,21,26,28H,1-4H3;1H2/t21-,23+;/m1./s1. The van der Waals surface area contributed by atoms with Gasteiger partial charge in [0.1, 0.15) is 22.7 Å². The van der Waals surface area contributed by atoms with Gasteiger partial charge in [-0.2, -0.15) is 13.5 Å². The molecule has 182 valence electrons. The molecule has 1 aromatic heterocycles. The van der Waals surface area contributed by atoms with Gasteiger partial charge in [0, 0.05) is 24.7 Å². The molecule has 9 nitrogen and oxygen atoms in total. The van der Waals surface area contributed by atoms with E-state index >= 15 is 0 Å². The van der Waals surface area contributed by atoms with Crippen LogP contribution in [0.25, 0.3) is 0 Å². The van der Waals surface area contributed by atoms with Gasteiger partial charge in [-0.05, 0) is 57.2 Å². The normalized spacial score (nSPS) is 21.0. The molecule has 34 heavy (non-hydrogen) atoms. The van der Waals surface area contributed by atoms with Crippen LogP contribution in [0.4, 0.5) is 0 Å². The first kappa shape index (κ1) is 25.6. The summed E-state index contributed by atoms with van der Waals surface area (Å²) >= 11 is 0. The number of hydrogen-bond donors (Lipinski definition) is 2. The Morgan fingerprint density at radius 1 is 1.06 bits per heavy atom. The number of ether oxygens (including phenoxy) is 2. The minimum Gasteiger partial charge on any atom is -0.508 e. The summed E-state index contributed by atoms with van der Waals surface area (Å²) in [5, 5.41) is 25.2. The summed E-state index contributed by atoms with van der Waals surface area (Å²) in [6.07, 6.45) is -1.07. The summed E-state index contributed by atoms with van der Waals surface area (Å²) in [6.45, 7) is 4.91. The van der Waals surface area contributed by atoms with Gasteiger partial charge in [0.25, 0.3) is 5.56 Å². The summed E-state index contributed by atoms with van der Waals surface area (Å²) in [6, 6.07) is 12.3. The number of hydrogen-bond acceptors (Lipinski definition) is 8. The van der Waals surface area contributed by atoms with Gasteiger partial charge in [0.2, 0.25) is 15.7 Å². The maximum atomic E-state index is 13.2. The second-order valence-electron chi connectivity index (χ2n) is 8.59. The number of aliphatic hydroxyl groups is 1. The van der Waals surface area contributed by atoms with Crippen LogP contribution in [0.5, 0.6) is 17.4 Å². The van der Waals surface area contributed by atoms with Crippen molar-refractivity contribution in [1.82, 2.24) is 9.78 Å². The van der Waals surface area contributed by atoms with Gasteiger partial charge in [0.15, 0.2) is 6.10 Å². The van der Waals surface area contributed by atoms with E-state index in [0.29, 0.717) is 11.3 Å². The van der Waals surface area contributed by atoms with Crippen LogP contribution in [-0.2, 0) is 16.9 Å². The molecule has 0 spiro atoms. The van der Waals surface area contributed by atoms with Crippen molar-refractivity contribution >= 4 is 23.3 Å². The SMILES string of the molecule is Cn1nc(O[C@@H]2c3cc(S(=O)(=O)c4cccc(O)c4)ccc3OC(C)(C)[C@@]2(C)O)ccc1=O.S. The Morgan fingerprint density at radius 3 is 2.38 bits per heavy atom. The quantitative estimate of drug-likeness (QED) is 0.552. The van der Waals surface area contributed by atoms with Gasteiger partial charge >= 0.3 is 0 Å². The molecule has 0 aliphatic carbocycles. The zero-order valence-corrected chi connectivity index (χ0v) is 20.8. The zero-order valence-electron chi connectivity index (χ0n) is 19.0. The van der Waals surface area contributed by atoms with Crippen LogP contribution >= 0.6 is 13.5 Å². The average molecular weight is 507 g/mol. The molecule has 2 N–H and O–H groups in total. The second kappa shape index (κ2) is 8.64. The van der Waals surface area contributed by atoms with Crippen molar-refractivity contribution in [3.63, 3.8) is 0 Å². The molecular formula is C23H26N2O7S2. The third-order valence-electron chi connectivity index (χ3n) is 5.97. The highest BCUT2D eigenvalue weighted by molar-refractivity contribution is 7.91. The molecule has 2 atom stereocenters. The molecule has 2 heterocycles. The van der Waals surface area contributed by atoms with Crippen molar-refractivity contribution in [2.24, 2.45) is 7.05 Å². The number of sulfone groups is 1. The van der Waals surface area contributed by atoms with E-state index in [9.17, 15) is 23.4 Å². The van der Waals surface area contributed by atoms with Crippen molar-refractivity contribution in [3.8, 4) is 17.4 Å². The van der Waals surface area contributed by atoms with Crippen molar-refractivity contribution in [3.05, 3.63) is 70.5 Å². The number of aryl methyl sites for hydroxylation is 1. The molecule has 0 amide bonds. The third kappa shape index (κ3) is 4.26. The molecule has 0 bridgehead atoms. The van der Waals surface area contributed by atoms with Crippen LogP contribution in [0.3, 0.4) is 0 Å². The number of phenols is 1. The summed E-state index contributed by atoms with van der Waals surface area (Å²) < 4.78 is 39.5. The molecular weight excluding hydrogens is 480 g/mol. The van der Waals surface area contributed by atoms with Crippen LogP contribution in [0.15, 0.2) is 69.2 Å². The summed E-state index contributed by atoms with van der Waals surface area (Å²) in [7, 11) is -2.52. The van der Waals surface area contributed by atoms with Crippen LogP contribution in [0.1, 0.15) is 32.4 Å². The molecule has 1 aliphatic rings. The Morgan fingerprint density at radius 2 is 1.74 bits per heavy atom. The molecule has 3 aromatic rings. The molecule has 2 aromatic carbocycles. The molecule has 0 fully saturated rings. The fourth-order valence-electron chi connectivity index (χ4n) is 3.62. The lowest BCUT2D eigenvalue weighted by molar-refractivity contribution is -0.175. The largest absolute Gasteiger partial charge is 0.508 e. The number of aromatic nitrogens is 2. The van der Waals surface area contributed by atoms with Crippen LogP contribution in [0.2, 0.25) is 0 Å². The number of benzene rings is 2. The molecule has 0 saturated carbocycles. The highest BCUT2D eigenvalue weighted by atomic mass is 32.2. The van der Waals surface area contributed by atoms with Gasteiger partial charge in [-0.1, -0.05) is 6.07 Å². The molecule has 4 rings (SSSR count). The second-order valence-corrected chi connectivity index (χ2v) is 10.5. The van der Waals surface area contributed by atoms with Crippen molar-refractivity contribution in [1.29, 1.82) is 0 Å². The van der Waals surface area contributed by atoms with E-state index in [4.69, 9.17) is 9.47 Å². The summed E-state index contributed by atoms with van der Waals surface area (Å²) in [4.78, 5) is 11.6. The zero-order chi connectivity index (χ0) is 24.2. The maximum Gasteiger partial charge on any atom is 0.266 e. The lowest BCUT2D eigenvalue weighted by Gasteiger charge is -2.48. The number of phenolic OH excluding ortho intramolecular Hbond substituents is 1. The van der Waals surface area contributed by atoms with E-state index < -0.39 is 27.1 Å². The number of aromatic hydroxyl groups is 1. The van der Waals surface area contributed by atoms with E-state index in [1.54, 1.807) is 13.8 Å². The Kier molecular flexibility index (Phi) is 6.51. The van der Waals surface area contributed by atoms with Crippen LogP contribution in [0, 0.1) is 0 Å². The number of nitrogens with zero attached hydrogens (tertiary/aromatic N) is 2. The van der Waals surface area contributed by atoms with Gasteiger partial charge < -0.3 is 19.7 Å². The fraction of sp³-hybridized carbons (Fsp3) is 0.304.